The molecule has 0 spiro atoms. The third kappa shape index (κ3) is 3.31. The van der Waals surface area contributed by atoms with Crippen LogP contribution in [0.25, 0.3) is 0 Å². The van der Waals surface area contributed by atoms with Crippen LogP contribution in [-0.4, -0.2) is 11.5 Å². The molecule has 3 nitrogen and oxygen atoms in total. The van der Waals surface area contributed by atoms with E-state index >= 15 is 0 Å². The normalized spacial score (nSPS) is 10.3. The summed E-state index contributed by atoms with van der Waals surface area (Å²) in [5.74, 6) is 1.42. The van der Waals surface area contributed by atoms with Crippen LogP contribution in [0.3, 0.4) is 0 Å². The van der Waals surface area contributed by atoms with Gasteiger partial charge in [0.1, 0.15) is 5.75 Å². The molecule has 0 radical (unpaired) electrons. The maximum atomic E-state index is 5.84. The van der Waals surface area contributed by atoms with Gasteiger partial charge in [0.2, 0.25) is 5.88 Å². The van der Waals surface area contributed by atoms with Crippen LogP contribution in [-0.2, 0) is 6.54 Å². The van der Waals surface area contributed by atoms with Gasteiger partial charge in [0, 0.05) is 18.3 Å². The van der Waals surface area contributed by atoms with Gasteiger partial charge in [0.05, 0.1) is 4.47 Å². The van der Waals surface area contributed by atoms with Crippen molar-refractivity contribution in [3.05, 3.63) is 52.6 Å². The second-order valence-electron chi connectivity index (χ2n) is 3.78. The topological polar surface area (TPSA) is 34.2 Å². The number of para-hydroxylation sites is 1. The van der Waals surface area contributed by atoms with E-state index in [9.17, 15) is 0 Å². The summed E-state index contributed by atoms with van der Waals surface area (Å²) in [5.41, 5.74) is 1.05. The van der Waals surface area contributed by atoms with Crippen molar-refractivity contribution < 1.29 is 4.74 Å². The Morgan fingerprint density at radius 1 is 1.22 bits per heavy atom. The van der Waals surface area contributed by atoms with Gasteiger partial charge in [-0.15, -0.1) is 0 Å². The van der Waals surface area contributed by atoms with Crippen LogP contribution >= 0.6 is 15.9 Å². The first-order chi connectivity index (χ1) is 8.81. The number of aromatic nitrogens is 1. The minimum absolute atomic E-state index is 0.644. The summed E-state index contributed by atoms with van der Waals surface area (Å²) < 4.78 is 6.76. The van der Waals surface area contributed by atoms with Crippen molar-refractivity contribution in [1.82, 2.24) is 10.3 Å². The van der Waals surface area contributed by atoms with Gasteiger partial charge in [-0.05, 0) is 40.7 Å². The molecule has 2 aromatic rings. The van der Waals surface area contributed by atoms with E-state index in [1.807, 2.05) is 36.4 Å². The van der Waals surface area contributed by atoms with Crippen LogP contribution in [0.15, 0.2) is 47.1 Å². The first-order valence-electron chi connectivity index (χ1n) is 5.88. The van der Waals surface area contributed by atoms with E-state index in [1.165, 1.54) is 0 Å². The molecule has 0 unspecified atom stereocenters. The van der Waals surface area contributed by atoms with Gasteiger partial charge < -0.3 is 10.1 Å². The van der Waals surface area contributed by atoms with Crippen LogP contribution in [0.2, 0.25) is 0 Å². The van der Waals surface area contributed by atoms with Gasteiger partial charge in [-0.1, -0.05) is 25.1 Å². The quantitative estimate of drug-likeness (QED) is 0.913. The Kier molecular flexibility index (Phi) is 4.73. The van der Waals surface area contributed by atoms with E-state index in [0.29, 0.717) is 5.88 Å². The van der Waals surface area contributed by atoms with Gasteiger partial charge >= 0.3 is 0 Å². The average Bonchev–Trinajstić information content (AvgIpc) is 2.40. The summed E-state index contributed by atoms with van der Waals surface area (Å²) in [5, 5.41) is 3.27. The molecule has 1 N–H and O–H groups in total. The smallest absolute Gasteiger partial charge is 0.223 e. The van der Waals surface area contributed by atoms with Crippen molar-refractivity contribution in [2.24, 2.45) is 0 Å². The number of nitrogens with one attached hydrogen (secondary N) is 1. The Bertz CT molecular complexity index is 517. The molecule has 0 saturated carbocycles. The summed E-state index contributed by atoms with van der Waals surface area (Å²) in [4.78, 5) is 4.28. The molecule has 18 heavy (non-hydrogen) atoms. The predicted molar refractivity (Wildman–Crippen MR) is 75.8 cm³/mol. The highest BCUT2D eigenvalue weighted by Crippen LogP contribution is 2.29. The molecule has 0 aliphatic heterocycles. The van der Waals surface area contributed by atoms with Gasteiger partial charge in [-0.3, -0.25) is 0 Å². The molecule has 94 valence electrons. The van der Waals surface area contributed by atoms with Gasteiger partial charge in [0.25, 0.3) is 0 Å². The van der Waals surface area contributed by atoms with Crippen molar-refractivity contribution in [2.75, 3.05) is 6.54 Å². The summed E-state index contributed by atoms with van der Waals surface area (Å²) in [6, 6.07) is 11.7. The molecule has 4 heteroatoms. The fraction of sp³-hybridized carbons (Fsp3) is 0.214. The molecule has 1 aromatic carbocycles. The molecule has 0 aliphatic rings. The van der Waals surface area contributed by atoms with E-state index in [1.54, 1.807) is 6.20 Å². The molecular formula is C14H15BrN2O. The zero-order valence-corrected chi connectivity index (χ0v) is 11.8. The Labute approximate surface area is 115 Å². The molecule has 2 rings (SSSR count). The molecule has 0 amide bonds. The first-order valence-corrected chi connectivity index (χ1v) is 6.67. The number of pyridine rings is 1. The molecule has 0 atom stereocenters. The largest absolute Gasteiger partial charge is 0.438 e. The molecule has 0 fully saturated rings. The summed E-state index contributed by atoms with van der Waals surface area (Å²) in [7, 11) is 0. The highest BCUT2D eigenvalue weighted by molar-refractivity contribution is 9.10. The first kappa shape index (κ1) is 13.1. The number of benzene rings is 1. The van der Waals surface area contributed by atoms with Crippen molar-refractivity contribution in [1.29, 1.82) is 0 Å². The van der Waals surface area contributed by atoms with E-state index in [-0.39, 0.29) is 0 Å². The van der Waals surface area contributed by atoms with E-state index in [4.69, 9.17) is 4.74 Å². The number of hydrogen-bond acceptors (Lipinski definition) is 3. The van der Waals surface area contributed by atoms with Crippen LogP contribution in [0.4, 0.5) is 0 Å². The number of halogens is 1. The molecule has 0 saturated heterocycles. The number of rotatable bonds is 5. The SMILES string of the molecule is CCNCc1cccnc1Oc1ccccc1Br. The third-order valence-electron chi connectivity index (χ3n) is 2.46. The van der Waals surface area contributed by atoms with E-state index < -0.39 is 0 Å². The zero-order valence-electron chi connectivity index (χ0n) is 10.2. The molecule has 0 aliphatic carbocycles. The fourth-order valence-electron chi connectivity index (χ4n) is 1.54. The van der Waals surface area contributed by atoms with Crippen LogP contribution < -0.4 is 10.1 Å². The van der Waals surface area contributed by atoms with Crippen LogP contribution in [0.5, 0.6) is 11.6 Å². The van der Waals surface area contributed by atoms with E-state index in [0.717, 1.165) is 28.9 Å². The lowest BCUT2D eigenvalue weighted by Crippen LogP contribution is -2.12. The van der Waals surface area contributed by atoms with E-state index in [2.05, 4.69) is 33.2 Å². The lowest BCUT2D eigenvalue weighted by Gasteiger charge is -2.11. The second-order valence-corrected chi connectivity index (χ2v) is 4.63. The molecule has 1 heterocycles. The molecule has 0 bridgehead atoms. The molecular weight excluding hydrogens is 292 g/mol. The van der Waals surface area contributed by atoms with Crippen molar-refractivity contribution >= 4 is 15.9 Å². The monoisotopic (exact) mass is 306 g/mol. The minimum Gasteiger partial charge on any atom is -0.438 e. The van der Waals surface area contributed by atoms with Gasteiger partial charge in [-0.25, -0.2) is 4.98 Å². The highest BCUT2D eigenvalue weighted by atomic mass is 79.9. The Morgan fingerprint density at radius 2 is 2.06 bits per heavy atom. The highest BCUT2D eigenvalue weighted by Gasteiger charge is 2.07. The Hall–Kier alpha value is -1.39. The zero-order chi connectivity index (χ0) is 12.8. The maximum Gasteiger partial charge on any atom is 0.223 e. The maximum absolute atomic E-state index is 5.84. The van der Waals surface area contributed by atoms with Gasteiger partial charge in [0.15, 0.2) is 0 Å². The Morgan fingerprint density at radius 3 is 2.83 bits per heavy atom. The fourth-order valence-corrected chi connectivity index (χ4v) is 1.91. The number of nitrogens with zero attached hydrogens (tertiary/aromatic N) is 1. The lowest BCUT2D eigenvalue weighted by atomic mass is 10.2. The summed E-state index contributed by atoms with van der Waals surface area (Å²) in [6.07, 6.45) is 1.74. The number of ether oxygens (including phenoxy) is 1. The third-order valence-corrected chi connectivity index (χ3v) is 3.11. The average molecular weight is 307 g/mol. The standard InChI is InChI=1S/C14H15BrN2O/c1-2-16-10-11-6-5-9-17-14(11)18-13-8-4-3-7-12(13)15/h3-9,16H,2,10H2,1H3. The van der Waals surface area contributed by atoms with Gasteiger partial charge in [-0.2, -0.15) is 0 Å². The van der Waals surface area contributed by atoms with Crippen molar-refractivity contribution in [3.8, 4) is 11.6 Å². The number of hydrogen-bond donors (Lipinski definition) is 1. The predicted octanol–water partition coefficient (Wildman–Crippen LogP) is 3.75. The van der Waals surface area contributed by atoms with Crippen molar-refractivity contribution in [3.63, 3.8) is 0 Å². The lowest BCUT2D eigenvalue weighted by molar-refractivity contribution is 0.451. The second kappa shape index (κ2) is 6.52. The summed E-state index contributed by atoms with van der Waals surface area (Å²) >= 11 is 3.46. The minimum atomic E-state index is 0.644. The molecule has 1 aromatic heterocycles. The Balaban J connectivity index is 2.21. The van der Waals surface area contributed by atoms with Crippen molar-refractivity contribution in [2.45, 2.75) is 13.5 Å². The van der Waals surface area contributed by atoms with Crippen LogP contribution in [0, 0.1) is 0 Å². The summed E-state index contributed by atoms with van der Waals surface area (Å²) in [6.45, 7) is 3.75. The van der Waals surface area contributed by atoms with Crippen LogP contribution in [0.1, 0.15) is 12.5 Å².